The Morgan fingerprint density at radius 1 is 1.06 bits per heavy atom. The highest BCUT2D eigenvalue weighted by Gasteiger charge is 2.16. The molecular weight excluding hydrogens is 470 g/mol. The van der Waals surface area contributed by atoms with Crippen LogP contribution in [-0.2, 0) is 13.0 Å². The number of aromatic nitrogens is 4. The van der Waals surface area contributed by atoms with Crippen LogP contribution in [-0.4, -0.2) is 25.2 Å². The van der Waals surface area contributed by atoms with Gasteiger partial charge in [0.15, 0.2) is 0 Å². The molecule has 1 N–H and O–H groups in total. The predicted octanol–water partition coefficient (Wildman–Crippen LogP) is 4.71. The lowest BCUT2D eigenvalue weighted by Gasteiger charge is -2.16. The van der Waals surface area contributed by atoms with Gasteiger partial charge in [0.2, 0.25) is 0 Å². The van der Waals surface area contributed by atoms with Crippen LogP contribution < -0.4 is 10.9 Å². The van der Waals surface area contributed by atoms with Crippen molar-refractivity contribution in [3.05, 3.63) is 81.1 Å². The summed E-state index contributed by atoms with van der Waals surface area (Å²) in [5.41, 5.74) is 2.40. The molecule has 0 atom stereocenters. The van der Waals surface area contributed by atoms with Gasteiger partial charge in [0.05, 0.1) is 32.9 Å². The number of hydrogen-bond donors (Lipinski definition) is 1. The highest BCUT2D eigenvalue weighted by Crippen LogP contribution is 2.23. The molecule has 0 fully saturated rings. The van der Waals surface area contributed by atoms with Gasteiger partial charge in [-0.25, -0.2) is 9.67 Å². The first-order valence-corrected chi connectivity index (χ1v) is 11.5. The molecule has 0 saturated carbocycles. The molecule has 7 nitrogen and oxygen atoms in total. The third-order valence-corrected chi connectivity index (χ3v) is 6.19. The first kappa shape index (κ1) is 20.6. The fourth-order valence-corrected chi connectivity index (χ4v) is 4.43. The van der Waals surface area contributed by atoms with E-state index in [4.69, 9.17) is 4.98 Å². The molecule has 162 valence electrons. The number of fused-ring (bicyclic) bond motifs is 2. The Hall–Kier alpha value is -3.26. The number of aryl methyl sites for hydroxylation is 1. The lowest BCUT2D eigenvalue weighted by Crippen LogP contribution is -2.26. The summed E-state index contributed by atoms with van der Waals surface area (Å²) in [7, 11) is 0. The topological polar surface area (TPSA) is 81.8 Å². The third kappa shape index (κ3) is 3.98. The quantitative estimate of drug-likeness (QED) is 0.449. The standard InChI is InChI=1S/C24H22BrN5O2/c25-17-14-26-30(15-17)21-8-5-4-7-19(21)28-23(31)16-10-11-18-20(13-16)27-22-9-3-1-2-6-12-29(22)24(18)32/h4-5,7-8,10-11,13-15H,1-3,6,9,12H2,(H,28,31). The van der Waals surface area contributed by atoms with Gasteiger partial charge in [0, 0.05) is 24.7 Å². The maximum atomic E-state index is 13.1. The van der Waals surface area contributed by atoms with E-state index in [-0.39, 0.29) is 11.5 Å². The number of amides is 1. The molecule has 0 radical (unpaired) electrons. The van der Waals surface area contributed by atoms with Crippen molar-refractivity contribution in [1.82, 2.24) is 19.3 Å². The van der Waals surface area contributed by atoms with Gasteiger partial charge in [-0.1, -0.05) is 25.0 Å². The maximum absolute atomic E-state index is 13.1. The highest BCUT2D eigenvalue weighted by atomic mass is 79.9. The molecule has 4 aromatic rings. The number of nitrogens with one attached hydrogen (secondary N) is 1. The van der Waals surface area contributed by atoms with Crippen molar-refractivity contribution >= 4 is 38.4 Å². The molecule has 1 amide bonds. The number of carbonyl (C=O) groups excluding carboxylic acids is 1. The summed E-state index contributed by atoms with van der Waals surface area (Å²) in [5.74, 6) is 0.550. The van der Waals surface area contributed by atoms with E-state index in [0.717, 1.165) is 48.1 Å². The summed E-state index contributed by atoms with van der Waals surface area (Å²) in [6.07, 6.45) is 8.62. The Balaban J connectivity index is 1.49. The van der Waals surface area contributed by atoms with Gasteiger partial charge in [-0.15, -0.1) is 0 Å². The van der Waals surface area contributed by atoms with Crippen molar-refractivity contribution < 1.29 is 4.79 Å². The Morgan fingerprint density at radius 3 is 2.75 bits per heavy atom. The maximum Gasteiger partial charge on any atom is 0.261 e. The minimum absolute atomic E-state index is 0.0199. The number of para-hydroxylation sites is 2. The average Bonchev–Trinajstić information content (AvgIpc) is 3.21. The summed E-state index contributed by atoms with van der Waals surface area (Å²) in [4.78, 5) is 30.8. The van der Waals surface area contributed by atoms with E-state index in [0.29, 0.717) is 28.7 Å². The van der Waals surface area contributed by atoms with Crippen LogP contribution in [0, 0.1) is 0 Å². The molecule has 3 heterocycles. The minimum atomic E-state index is -0.265. The summed E-state index contributed by atoms with van der Waals surface area (Å²) in [6.45, 7) is 0.708. The molecule has 1 aliphatic rings. The van der Waals surface area contributed by atoms with Crippen molar-refractivity contribution in [2.24, 2.45) is 0 Å². The Bertz CT molecular complexity index is 1370. The van der Waals surface area contributed by atoms with Crippen molar-refractivity contribution in [3.63, 3.8) is 0 Å². The predicted molar refractivity (Wildman–Crippen MR) is 127 cm³/mol. The second-order valence-corrected chi connectivity index (χ2v) is 8.87. The molecule has 0 unspecified atom stereocenters. The fourth-order valence-electron chi connectivity index (χ4n) is 4.14. The normalized spacial score (nSPS) is 13.9. The molecular formula is C24H22BrN5O2. The molecule has 0 spiro atoms. The molecule has 0 saturated heterocycles. The fraction of sp³-hybridized carbons (Fsp3) is 0.250. The van der Waals surface area contributed by atoms with Gasteiger partial charge in [0.25, 0.3) is 11.5 Å². The highest BCUT2D eigenvalue weighted by molar-refractivity contribution is 9.10. The number of rotatable bonds is 3. The molecule has 2 aromatic heterocycles. The van der Waals surface area contributed by atoms with Crippen LogP contribution in [0.1, 0.15) is 41.9 Å². The Kier molecular flexibility index (Phi) is 5.61. The number of nitrogens with zero attached hydrogens (tertiary/aromatic N) is 4. The van der Waals surface area contributed by atoms with E-state index in [9.17, 15) is 9.59 Å². The van der Waals surface area contributed by atoms with Crippen LogP contribution >= 0.6 is 15.9 Å². The van der Waals surface area contributed by atoms with Gasteiger partial charge < -0.3 is 5.32 Å². The molecule has 0 bridgehead atoms. The zero-order valence-corrected chi connectivity index (χ0v) is 19.0. The monoisotopic (exact) mass is 491 g/mol. The molecule has 1 aliphatic heterocycles. The van der Waals surface area contributed by atoms with Crippen LogP contribution in [0.15, 0.2) is 64.1 Å². The van der Waals surface area contributed by atoms with Gasteiger partial charge in [-0.2, -0.15) is 5.10 Å². The van der Waals surface area contributed by atoms with Gasteiger partial charge in [-0.3, -0.25) is 14.2 Å². The van der Waals surface area contributed by atoms with Crippen LogP contribution in [0.4, 0.5) is 5.69 Å². The molecule has 0 aliphatic carbocycles. The molecule has 8 heteroatoms. The first-order valence-electron chi connectivity index (χ1n) is 10.7. The van der Waals surface area contributed by atoms with Crippen LogP contribution in [0.2, 0.25) is 0 Å². The van der Waals surface area contributed by atoms with Crippen molar-refractivity contribution in [2.45, 2.75) is 38.6 Å². The van der Waals surface area contributed by atoms with E-state index in [1.165, 1.54) is 0 Å². The van der Waals surface area contributed by atoms with Crippen LogP contribution in [0.25, 0.3) is 16.6 Å². The van der Waals surface area contributed by atoms with E-state index >= 15 is 0 Å². The number of carbonyl (C=O) groups is 1. The molecule has 32 heavy (non-hydrogen) atoms. The summed E-state index contributed by atoms with van der Waals surface area (Å²) >= 11 is 3.40. The number of anilines is 1. The lowest BCUT2D eigenvalue weighted by molar-refractivity contribution is 0.102. The zero-order valence-electron chi connectivity index (χ0n) is 17.4. The number of halogens is 1. The summed E-state index contributed by atoms with van der Waals surface area (Å²) in [5, 5.41) is 7.82. The minimum Gasteiger partial charge on any atom is -0.320 e. The third-order valence-electron chi connectivity index (χ3n) is 5.78. The summed E-state index contributed by atoms with van der Waals surface area (Å²) in [6, 6.07) is 12.6. The SMILES string of the molecule is O=C(Nc1ccccc1-n1cc(Br)cn1)c1ccc2c(=O)n3c(nc2c1)CCCCCC3. The second kappa shape index (κ2) is 8.70. The largest absolute Gasteiger partial charge is 0.320 e. The van der Waals surface area contributed by atoms with Gasteiger partial charge >= 0.3 is 0 Å². The van der Waals surface area contributed by atoms with Crippen LogP contribution in [0.3, 0.4) is 0 Å². The van der Waals surface area contributed by atoms with Gasteiger partial charge in [0.1, 0.15) is 5.82 Å². The van der Waals surface area contributed by atoms with E-state index in [2.05, 4.69) is 26.3 Å². The van der Waals surface area contributed by atoms with Crippen molar-refractivity contribution in [3.8, 4) is 5.69 Å². The zero-order chi connectivity index (χ0) is 22.1. The first-order chi connectivity index (χ1) is 15.6. The van der Waals surface area contributed by atoms with Crippen molar-refractivity contribution in [2.75, 3.05) is 5.32 Å². The number of hydrogen-bond acceptors (Lipinski definition) is 4. The molecule has 2 aromatic carbocycles. The lowest BCUT2D eigenvalue weighted by atomic mass is 10.1. The summed E-state index contributed by atoms with van der Waals surface area (Å²) < 4.78 is 4.35. The molecule has 5 rings (SSSR count). The van der Waals surface area contributed by atoms with E-state index < -0.39 is 0 Å². The smallest absolute Gasteiger partial charge is 0.261 e. The van der Waals surface area contributed by atoms with Crippen LogP contribution in [0.5, 0.6) is 0 Å². The van der Waals surface area contributed by atoms with E-state index in [1.54, 1.807) is 33.6 Å². The Morgan fingerprint density at radius 2 is 1.91 bits per heavy atom. The second-order valence-electron chi connectivity index (χ2n) is 7.96. The Labute approximate surface area is 193 Å². The number of benzene rings is 2. The average molecular weight is 492 g/mol. The van der Waals surface area contributed by atoms with E-state index in [1.807, 2.05) is 30.5 Å². The van der Waals surface area contributed by atoms with Gasteiger partial charge in [-0.05, 0) is 59.1 Å². The van der Waals surface area contributed by atoms with Crippen molar-refractivity contribution in [1.29, 1.82) is 0 Å².